The van der Waals surface area contributed by atoms with Crippen LogP contribution in [0.3, 0.4) is 0 Å². The van der Waals surface area contributed by atoms with Crippen LogP contribution in [0, 0.1) is 6.92 Å². The summed E-state index contributed by atoms with van der Waals surface area (Å²) < 4.78 is 0. The average molecular weight is 245 g/mol. The molecule has 0 saturated carbocycles. The van der Waals surface area contributed by atoms with Crippen LogP contribution in [0.25, 0.3) is 10.9 Å². The van der Waals surface area contributed by atoms with E-state index >= 15 is 0 Å². The number of nitrogens with zero attached hydrogens (tertiary/aromatic N) is 2. The first kappa shape index (κ1) is 14.3. The number of aryl methyl sites for hydroxylation is 1. The summed E-state index contributed by atoms with van der Waals surface area (Å²) in [4.78, 5) is 6.53. The van der Waals surface area contributed by atoms with Gasteiger partial charge < -0.3 is 10.2 Å². The van der Waals surface area contributed by atoms with E-state index in [2.05, 4.69) is 48.4 Å². The van der Waals surface area contributed by atoms with E-state index in [1.165, 1.54) is 16.6 Å². The Hall–Kier alpha value is -1.77. The third-order valence-corrected chi connectivity index (χ3v) is 2.77. The van der Waals surface area contributed by atoms with E-state index in [9.17, 15) is 0 Å². The van der Waals surface area contributed by atoms with Crippen molar-refractivity contribution in [3.8, 4) is 0 Å². The highest BCUT2D eigenvalue weighted by atomic mass is 15.1. The first-order chi connectivity index (χ1) is 8.65. The Morgan fingerprint density at radius 3 is 2.44 bits per heavy atom. The van der Waals surface area contributed by atoms with Gasteiger partial charge in [-0.05, 0) is 30.7 Å². The molecule has 0 radical (unpaired) electrons. The fraction of sp³-hybridized carbons (Fsp3) is 0.400. The largest absolute Gasteiger partial charge is 0.386 e. The Balaban J connectivity index is 0.000000771. The Labute approximate surface area is 110 Å². The molecule has 0 aliphatic rings. The van der Waals surface area contributed by atoms with Crippen molar-refractivity contribution in [3.05, 3.63) is 30.0 Å². The van der Waals surface area contributed by atoms with Crippen LogP contribution in [-0.2, 0) is 0 Å². The molecule has 0 bridgehead atoms. The predicted octanol–water partition coefficient (Wildman–Crippen LogP) is 3.68. The van der Waals surface area contributed by atoms with Crippen molar-refractivity contribution >= 4 is 22.3 Å². The van der Waals surface area contributed by atoms with Gasteiger partial charge in [-0.3, -0.25) is 4.98 Å². The SMILES string of the molecule is CC.CNc1c(N(C)C)c(C)cc2ncccc12. The van der Waals surface area contributed by atoms with Gasteiger partial charge in [-0.15, -0.1) is 0 Å². The summed E-state index contributed by atoms with van der Waals surface area (Å²) in [7, 11) is 6.07. The second-order valence-electron chi connectivity index (χ2n) is 4.13. The number of pyridine rings is 1. The first-order valence-electron chi connectivity index (χ1n) is 6.38. The maximum absolute atomic E-state index is 4.39. The highest BCUT2D eigenvalue weighted by Gasteiger charge is 2.11. The zero-order valence-corrected chi connectivity index (χ0v) is 12.2. The Morgan fingerprint density at radius 2 is 1.89 bits per heavy atom. The molecule has 0 atom stereocenters. The zero-order chi connectivity index (χ0) is 13.7. The fourth-order valence-corrected chi connectivity index (χ4v) is 2.17. The minimum absolute atomic E-state index is 1.04. The summed E-state index contributed by atoms with van der Waals surface area (Å²) in [5.41, 5.74) is 4.65. The zero-order valence-electron chi connectivity index (χ0n) is 12.2. The van der Waals surface area contributed by atoms with Crippen molar-refractivity contribution in [2.75, 3.05) is 31.4 Å². The van der Waals surface area contributed by atoms with Gasteiger partial charge in [0.25, 0.3) is 0 Å². The molecule has 0 aliphatic carbocycles. The topological polar surface area (TPSA) is 28.2 Å². The number of fused-ring (bicyclic) bond motifs is 1. The minimum atomic E-state index is 1.04. The highest BCUT2D eigenvalue weighted by molar-refractivity contribution is 5.99. The molecule has 98 valence electrons. The fourth-order valence-electron chi connectivity index (χ4n) is 2.17. The number of anilines is 2. The first-order valence-corrected chi connectivity index (χ1v) is 6.38. The van der Waals surface area contributed by atoms with Crippen molar-refractivity contribution in [2.24, 2.45) is 0 Å². The van der Waals surface area contributed by atoms with Gasteiger partial charge in [-0.2, -0.15) is 0 Å². The lowest BCUT2D eigenvalue weighted by Gasteiger charge is -2.21. The molecule has 1 heterocycles. The molecule has 3 nitrogen and oxygen atoms in total. The van der Waals surface area contributed by atoms with E-state index in [1.54, 1.807) is 0 Å². The van der Waals surface area contributed by atoms with Crippen LogP contribution in [0.1, 0.15) is 19.4 Å². The predicted molar refractivity (Wildman–Crippen MR) is 81.7 cm³/mol. The van der Waals surface area contributed by atoms with Gasteiger partial charge in [0.2, 0.25) is 0 Å². The van der Waals surface area contributed by atoms with Crippen LogP contribution < -0.4 is 10.2 Å². The number of hydrogen-bond donors (Lipinski definition) is 1. The van der Waals surface area contributed by atoms with Crippen LogP contribution in [0.5, 0.6) is 0 Å². The van der Waals surface area contributed by atoms with Crippen molar-refractivity contribution in [2.45, 2.75) is 20.8 Å². The van der Waals surface area contributed by atoms with Gasteiger partial charge in [-0.1, -0.05) is 13.8 Å². The second-order valence-corrected chi connectivity index (χ2v) is 4.13. The minimum Gasteiger partial charge on any atom is -0.386 e. The van der Waals surface area contributed by atoms with E-state index in [0.29, 0.717) is 0 Å². The van der Waals surface area contributed by atoms with Crippen LogP contribution >= 0.6 is 0 Å². The number of benzene rings is 1. The molecule has 0 amide bonds. The van der Waals surface area contributed by atoms with E-state index in [0.717, 1.165) is 11.2 Å². The molecule has 0 unspecified atom stereocenters. The normalized spacial score (nSPS) is 9.67. The quantitative estimate of drug-likeness (QED) is 0.875. The number of aromatic nitrogens is 1. The molecule has 18 heavy (non-hydrogen) atoms. The van der Waals surface area contributed by atoms with E-state index in [-0.39, 0.29) is 0 Å². The van der Waals surface area contributed by atoms with Crippen LogP contribution in [0.4, 0.5) is 11.4 Å². The van der Waals surface area contributed by atoms with Crippen molar-refractivity contribution < 1.29 is 0 Å². The summed E-state index contributed by atoms with van der Waals surface area (Å²) in [5, 5.41) is 4.45. The van der Waals surface area contributed by atoms with Crippen LogP contribution in [0.15, 0.2) is 24.4 Å². The summed E-state index contributed by atoms with van der Waals surface area (Å²) in [6, 6.07) is 6.20. The lowest BCUT2D eigenvalue weighted by Crippen LogP contribution is -2.13. The van der Waals surface area contributed by atoms with Gasteiger partial charge in [0.15, 0.2) is 0 Å². The lowest BCUT2D eigenvalue weighted by molar-refractivity contribution is 1.12. The van der Waals surface area contributed by atoms with Gasteiger partial charge in [-0.25, -0.2) is 0 Å². The third-order valence-electron chi connectivity index (χ3n) is 2.77. The van der Waals surface area contributed by atoms with Crippen LogP contribution in [-0.4, -0.2) is 26.1 Å². The lowest BCUT2D eigenvalue weighted by atomic mass is 10.1. The molecule has 1 N–H and O–H groups in total. The average Bonchev–Trinajstić information content (AvgIpc) is 2.39. The Kier molecular flexibility index (Phi) is 4.95. The standard InChI is InChI=1S/C13H17N3.C2H6/c1-9-8-11-10(6-5-7-15-11)12(14-2)13(9)16(3)4;1-2/h5-8,14H,1-4H3;1-2H3. The van der Waals surface area contributed by atoms with Gasteiger partial charge in [0, 0.05) is 32.7 Å². The molecule has 1 aromatic carbocycles. The van der Waals surface area contributed by atoms with Gasteiger partial charge in [0.1, 0.15) is 0 Å². The molecule has 0 saturated heterocycles. The molecular formula is C15H23N3. The molecule has 3 heteroatoms. The molecule has 2 rings (SSSR count). The van der Waals surface area contributed by atoms with Crippen LogP contribution in [0.2, 0.25) is 0 Å². The van der Waals surface area contributed by atoms with E-state index in [1.807, 2.05) is 33.2 Å². The van der Waals surface area contributed by atoms with Gasteiger partial charge >= 0.3 is 0 Å². The molecule has 0 fully saturated rings. The highest BCUT2D eigenvalue weighted by Crippen LogP contribution is 2.34. The molecule has 0 spiro atoms. The van der Waals surface area contributed by atoms with E-state index < -0.39 is 0 Å². The Bertz CT molecular complexity index is 518. The molecular weight excluding hydrogens is 222 g/mol. The molecule has 0 aliphatic heterocycles. The maximum Gasteiger partial charge on any atom is 0.0726 e. The number of nitrogens with one attached hydrogen (secondary N) is 1. The summed E-state index contributed by atoms with van der Waals surface area (Å²) >= 11 is 0. The summed E-state index contributed by atoms with van der Waals surface area (Å²) in [6.07, 6.45) is 1.83. The second kappa shape index (κ2) is 6.24. The van der Waals surface area contributed by atoms with Gasteiger partial charge in [0.05, 0.1) is 16.9 Å². The maximum atomic E-state index is 4.39. The monoisotopic (exact) mass is 245 g/mol. The van der Waals surface area contributed by atoms with Crippen molar-refractivity contribution in [1.29, 1.82) is 0 Å². The van der Waals surface area contributed by atoms with Crippen molar-refractivity contribution in [1.82, 2.24) is 4.98 Å². The molecule has 2 aromatic rings. The number of rotatable bonds is 2. The third kappa shape index (κ3) is 2.55. The number of hydrogen-bond acceptors (Lipinski definition) is 3. The summed E-state index contributed by atoms with van der Waals surface area (Å²) in [6.45, 7) is 6.12. The summed E-state index contributed by atoms with van der Waals surface area (Å²) in [5.74, 6) is 0. The van der Waals surface area contributed by atoms with E-state index in [4.69, 9.17) is 0 Å². The molecule has 1 aromatic heterocycles. The Morgan fingerprint density at radius 1 is 1.22 bits per heavy atom. The van der Waals surface area contributed by atoms with Crippen molar-refractivity contribution in [3.63, 3.8) is 0 Å². The smallest absolute Gasteiger partial charge is 0.0726 e.